The predicted molar refractivity (Wildman–Crippen MR) is 71.1 cm³/mol. The minimum Gasteiger partial charge on any atom is -0.463 e. The summed E-state index contributed by atoms with van der Waals surface area (Å²) in [4.78, 5) is 11.9. The Labute approximate surface area is 110 Å². The van der Waals surface area contributed by atoms with Gasteiger partial charge in [-0.1, -0.05) is 26.7 Å². The van der Waals surface area contributed by atoms with Crippen molar-refractivity contribution in [3.63, 3.8) is 0 Å². The van der Waals surface area contributed by atoms with Gasteiger partial charge in [-0.25, -0.2) is 0 Å². The Bertz CT molecular complexity index is 243. The lowest BCUT2D eigenvalue weighted by molar-refractivity contribution is -0.153. The summed E-state index contributed by atoms with van der Waals surface area (Å²) in [6.45, 7) is 6.35. The number of hydrogen-bond acceptors (Lipinski definition) is 4. The Kier molecular flexibility index (Phi) is 7.28. The largest absolute Gasteiger partial charge is 0.463 e. The van der Waals surface area contributed by atoms with E-state index >= 15 is 0 Å². The molecule has 4 heteroatoms. The number of carbonyl (C=O) groups is 1. The van der Waals surface area contributed by atoms with Gasteiger partial charge in [-0.15, -0.1) is 0 Å². The molecule has 0 saturated heterocycles. The van der Waals surface area contributed by atoms with E-state index in [1.165, 1.54) is 6.42 Å². The summed E-state index contributed by atoms with van der Waals surface area (Å²) >= 11 is 0. The van der Waals surface area contributed by atoms with Gasteiger partial charge >= 0.3 is 5.97 Å². The molecule has 0 aromatic rings. The lowest BCUT2D eigenvalue weighted by atomic mass is 9.79. The van der Waals surface area contributed by atoms with Crippen molar-refractivity contribution in [1.29, 1.82) is 0 Å². The number of ether oxygens (including phenoxy) is 2. The molecule has 0 aromatic carbocycles. The average molecular weight is 257 g/mol. The first-order chi connectivity index (χ1) is 8.65. The summed E-state index contributed by atoms with van der Waals surface area (Å²) in [5, 5.41) is 0. The van der Waals surface area contributed by atoms with Crippen molar-refractivity contribution < 1.29 is 14.3 Å². The zero-order valence-electron chi connectivity index (χ0n) is 11.7. The highest BCUT2D eigenvalue weighted by Crippen LogP contribution is 2.30. The third kappa shape index (κ3) is 5.36. The normalized spacial score (nSPS) is 24.2. The number of carbonyl (C=O) groups excluding carboxylic acids is 1. The summed E-state index contributed by atoms with van der Waals surface area (Å²) in [7, 11) is 0. The van der Waals surface area contributed by atoms with Crippen LogP contribution in [-0.2, 0) is 14.3 Å². The topological polar surface area (TPSA) is 61.5 Å². The zero-order valence-corrected chi connectivity index (χ0v) is 11.7. The van der Waals surface area contributed by atoms with E-state index in [9.17, 15) is 4.79 Å². The van der Waals surface area contributed by atoms with E-state index in [-0.39, 0.29) is 11.9 Å². The third-order valence-corrected chi connectivity index (χ3v) is 3.44. The average Bonchev–Trinajstić information content (AvgIpc) is 2.37. The summed E-state index contributed by atoms with van der Waals surface area (Å²) in [6, 6.07) is 0. The van der Waals surface area contributed by atoms with Crippen molar-refractivity contribution in [2.75, 3.05) is 26.4 Å². The van der Waals surface area contributed by atoms with Crippen LogP contribution in [-0.4, -0.2) is 32.3 Å². The maximum Gasteiger partial charge on any atom is 0.309 e. The smallest absolute Gasteiger partial charge is 0.309 e. The molecule has 0 aliphatic heterocycles. The molecule has 2 atom stereocenters. The van der Waals surface area contributed by atoms with Gasteiger partial charge in [-0.2, -0.15) is 0 Å². The van der Waals surface area contributed by atoms with Crippen molar-refractivity contribution >= 4 is 5.97 Å². The minimum absolute atomic E-state index is 0.00819. The summed E-state index contributed by atoms with van der Waals surface area (Å²) in [5.41, 5.74) is 5.71. The third-order valence-electron chi connectivity index (χ3n) is 3.44. The van der Waals surface area contributed by atoms with E-state index < -0.39 is 0 Å². The summed E-state index contributed by atoms with van der Waals surface area (Å²) in [5.74, 6) is 0.746. The molecule has 1 aliphatic rings. The molecule has 0 bridgehead atoms. The predicted octanol–water partition coefficient (Wildman–Crippen LogP) is 1.97. The van der Waals surface area contributed by atoms with Crippen molar-refractivity contribution in [2.45, 2.75) is 39.5 Å². The van der Waals surface area contributed by atoms with Crippen LogP contribution >= 0.6 is 0 Å². The standard InChI is InChI=1S/C14H27NO3/c1-11(2)10-17-7-8-18-14(16)13-6-4-3-5-12(13)9-15/h11-13H,3-10,15H2,1-2H3. The Morgan fingerprint density at radius 2 is 2.00 bits per heavy atom. The lowest BCUT2D eigenvalue weighted by Crippen LogP contribution is -2.34. The van der Waals surface area contributed by atoms with Crippen molar-refractivity contribution in [2.24, 2.45) is 23.5 Å². The Morgan fingerprint density at radius 1 is 1.28 bits per heavy atom. The number of esters is 1. The molecule has 1 aliphatic carbocycles. The zero-order chi connectivity index (χ0) is 13.4. The molecule has 18 heavy (non-hydrogen) atoms. The van der Waals surface area contributed by atoms with Crippen LogP contribution in [0.2, 0.25) is 0 Å². The van der Waals surface area contributed by atoms with Crippen LogP contribution in [0, 0.1) is 17.8 Å². The van der Waals surface area contributed by atoms with Gasteiger partial charge in [0.1, 0.15) is 6.61 Å². The highest BCUT2D eigenvalue weighted by atomic mass is 16.6. The van der Waals surface area contributed by atoms with Crippen LogP contribution in [0.5, 0.6) is 0 Å². The highest BCUT2D eigenvalue weighted by molar-refractivity contribution is 5.72. The maximum atomic E-state index is 11.9. The van der Waals surface area contributed by atoms with Crippen LogP contribution < -0.4 is 5.73 Å². The van der Waals surface area contributed by atoms with Gasteiger partial charge in [0.05, 0.1) is 12.5 Å². The van der Waals surface area contributed by atoms with Gasteiger partial charge in [0.2, 0.25) is 0 Å². The summed E-state index contributed by atoms with van der Waals surface area (Å²) in [6.07, 6.45) is 4.27. The quantitative estimate of drug-likeness (QED) is 0.559. The molecule has 0 spiro atoms. The van der Waals surface area contributed by atoms with E-state index in [1.54, 1.807) is 0 Å². The number of hydrogen-bond donors (Lipinski definition) is 1. The van der Waals surface area contributed by atoms with Crippen LogP contribution in [0.3, 0.4) is 0 Å². The van der Waals surface area contributed by atoms with Crippen molar-refractivity contribution in [1.82, 2.24) is 0 Å². The van der Waals surface area contributed by atoms with Gasteiger partial charge < -0.3 is 15.2 Å². The molecule has 106 valence electrons. The molecule has 0 radical (unpaired) electrons. The van der Waals surface area contributed by atoms with E-state index in [1.807, 2.05) is 0 Å². The Morgan fingerprint density at radius 3 is 2.67 bits per heavy atom. The van der Waals surface area contributed by atoms with Gasteiger partial charge in [0.25, 0.3) is 0 Å². The van der Waals surface area contributed by atoms with Gasteiger partial charge in [0.15, 0.2) is 0 Å². The summed E-state index contributed by atoms with van der Waals surface area (Å²) < 4.78 is 10.7. The van der Waals surface area contributed by atoms with Crippen LogP contribution in [0.4, 0.5) is 0 Å². The second-order valence-corrected chi connectivity index (χ2v) is 5.52. The highest BCUT2D eigenvalue weighted by Gasteiger charge is 2.30. The molecule has 0 aromatic heterocycles. The number of nitrogens with two attached hydrogens (primary N) is 1. The molecule has 0 amide bonds. The first-order valence-corrected chi connectivity index (χ1v) is 7.09. The second-order valence-electron chi connectivity index (χ2n) is 5.52. The van der Waals surface area contributed by atoms with E-state index in [4.69, 9.17) is 15.2 Å². The Hall–Kier alpha value is -0.610. The van der Waals surface area contributed by atoms with E-state index in [2.05, 4.69) is 13.8 Å². The molecule has 2 N–H and O–H groups in total. The van der Waals surface area contributed by atoms with Crippen LogP contribution in [0.1, 0.15) is 39.5 Å². The van der Waals surface area contributed by atoms with Crippen molar-refractivity contribution in [3.8, 4) is 0 Å². The number of rotatable bonds is 7. The molecule has 0 heterocycles. The molecular formula is C14H27NO3. The maximum absolute atomic E-state index is 11.9. The van der Waals surface area contributed by atoms with Gasteiger partial charge in [0, 0.05) is 6.61 Å². The molecular weight excluding hydrogens is 230 g/mol. The fraction of sp³-hybridized carbons (Fsp3) is 0.929. The molecule has 1 saturated carbocycles. The second kappa shape index (κ2) is 8.48. The van der Waals surface area contributed by atoms with Crippen LogP contribution in [0.25, 0.3) is 0 Å². The van der Waals surface area contributed by atoms with Gasteiger partial charge in [-0.3, -0.25) is 4.79 Å². The lowest BCUT2D eigenvalue weighted by Gasteiger charge is -2.28. The van der Waals surface area contributed by atoms with Gasteiger partial charge in [-0.05, 0) is 31.2 Å². The molecule has 1 fully saturated rings. The minimum atomic E-state index is -0.0849. The molecule has 2 unspecified atom stereocenters. The van der Waals surface area contributed by atoms with Crippen molar-refractivity contribution in [3.05, 3.63) is 0 Å². The molecule has 4 nitrogen and oxygen atoms in total. The molecule has 1 rings (SSSR count). The van der Waals surface area contributed by atoms with E-state index in [0.29, 0.717) is 38.2 Å². The van der Waals surface area contributed by atoms with E-state index in [0.717, 1.165) is 19.3 Å². The SMILES string of the molecule is CC(C)COCCOC(=O)C1CCCCC1CN. The fourth-order valence-corrected chi connectivity index (χ4v) is 2.43. The first-order valence-electron chi connectivity index (χ1n) is 7.09. The first kappa shape index (κ1) is 15.4. The fourth-order valence-electron chi connectivity index (χ4n) is 2.43. The monoisotopic (exact) mass is 257 g/mol. The Balaban J connectivity index is 2.18. The van der Waals surface area contributed by atoms with Crippen LogP contribution in [0.15, 0.2) is 0 Å².